The zero-order valence-electron chi connectivity index (χ0n) is 6.57. The van der Waals surface area contributed by atoms with Crippen LogP contribution in [-0.4, -0.2) is 24.1 Å². The molecule has 1 rings (SSSR count). The van der Waals surface area contributed by atoms with Gasteiger partial charge in [-0.2, -0.15) is 0 Å². The van der Waals surface area contributed by atoms with Crippen molar-refractivity contribution in [3.63, 3.8) is 0 Å². The van der Waals surface area contributed by atoms with E-state index in [4.69, 9.17) is 5.84 Å². The van der Waals surface area contributed by atoms with Crippen molar-refractivity contribution >= 4 is 11.6 Å². The number of hydrogen-bond donors (Lipinski definition) is 2. The monoisotopic (exact) mass is 153 g/mol. The normalized spacial score (nSPS) is 9.36. The first-order valence-corrected chi connectivity index (χ1v) is 3.20. The summed E-state index contributed by atoms with van der Waals surface area (Å²) in [6.07, 6.45) is 1.46. The highest BCUT2D eigenvalue weighted by atomic mass is 15.3. The quantitative estimate of drug-likeness (QED) is 0.456. The maximum Gasteiger partial charge on any atom is 0.145 e. The molecule has 0 aliphatic carbocycles. The molecule has 0 saturated heterocycles. The number of nitrogens with one attached hydrogen (secondary N) is 1. The third-order valence-electron chi connectivity index (χ3n) is 1.26. The second kappa shape index (κ2) is 3.16. The van der Waals surface area contributed by atoms with E-state index in [1.807, 2.05) is 19.0 Å². The first-order chi connectivity index (χ1) is 5.24. The Kier molecular flexibility index (Phi) is 2.22. The molecular weight excluding hydrogens is 142 g/mol. The van der Waals surface area contributed by atoms with Crippen LogP contribution < -0.4 is 16.2 Å². The molecule has 0 aliphatic heterocycles. The summed E-state index contributed by atoms with van der Waals surface area (Å²) in [6, 6.07) is 1.76. The van der Waals surface area contributed by atoms with Gasteiger partial charge >= 0.3 is 0 Å². The van der Waals surface area contributed by atoms with Crippen molar-refractivity contribution in [1.29, 1.82) is 0 Å². The van der Waals surface area contributed by atoms with Crippen LogP contribution in [0.2, 0.25) is 0 Å². The molecule has 11 heavy (non-hydrogen) atoms. The van der Waals surface area contributed by atoms with Crippen molar-refractivity contribution in [2.45, 2.75) is 0 Å². The largest absolute Gasteiger partial charge is 0.363 e. The Hall–Kier alpha value is -1.36. The molecule has 0 bridgehead atoms. The molecule has 0 aliphatic rings. The minimum Gasteiger partial charge on any atom is -0.363 e. The predicted molar refractivity (Wildman–Crippen MR) is 44.2 cm³/mol. The van der Waals surface area contributed by atoms with Gasteiger partial charge in [0.15, 0.2) is 0 Å². The molecular formula is C6H11N5. The molecule has 60 valence electrons. The van der Waals surface area contributed by atoms with Crippen LogP contribution in [-0.2, 0) is 0 Å². The van der Waals surface area contributed by atoms with E-state index in [0.29, 0.717) is 5.82 Å². The minimum absolute atomic E-state index is 0.615. The van der Waals surface area contributed by atoms with Crippen LogP contribution in [0.1, 0.15) is 0 Å². The molecule has 3 N–H and O–H groups in total. The number of nitrogens with zero attached hydrogens (tertiary/aromatic N) is 3. The van der Waals surface area contributed by atoms with E-state index in [0.717, 1.165) is 5.82 Å². The second-order valence-electron chi connectivity index (χ2n) is 2.30. The van der Waals surface area contributed by atoms with Crippen molar-refractivity contribution in [2.75, 3.05) is 24.4 Å². The minimum atomic E-state index is 0.615. The topological polar surface area (TPSA) is 67.1 Å². The smallest absolute Gasteiger partial charge is 0.145 e. The van der Waals surface area contributed by atoms with Gasteiger partial charge in [-0.25, -0.2) is 15.8 Å². The van der Waals surface area contributed by atoms with E-state index in [2.05, 4.69) is 15.4 Å². The molecule has 1 aromatic rings. The highest BCUT2D eigenvalue weighted by Gasteiger charge is 1.97. The van der Waals surface area contributed by atoms with Crippen molar-refractivity contribution in [3.05, 3.63) is 12.4 Å². The Morgan fingerprint density at radius 3 is 2.73 bits per heavy atom. The van der Waals surface area contributed by atoms with Crippen LogP contribution in [0.25, 0.3) is 0 Å². The Morgan fingerprint density at radius 2 is 2.18 bits per heavy atom. The van der Waals surface area contributed by atoms with Crippen LogP contribution in [0.3, 0.4) is 0 Å². The van der Waals surface area contributed by atoms with Gasteiger partial charge in [-0.05, 0) is 0 Å². The Morgan fingerprint density at radius 1 is 1.45 bits per heavy atom. The van der Waals surface area contributed by atoms with Crippen molar-refractivity contribution < 1.29 is 0 Å². The zero-order valence-corrected chi connectivity index (χ0v) is 6.57. The summed E-state index contributed by atoms with van der Waals surface area (Å²) in [7, 11) is 3.81. The molecule has 5 heteroatoms. The number of rotatable bonds is 2. The summed E-state index contributed by atoms with van der Waals surface area (Å²) < 4.78 is 0. The van der Waals surface area contributed by atoms with Crippen LogP contribution >= 0.6 is 0 Å². The molecule has 0 aromatic carbocycles. The summed E-state index contributed by atoms with van der Waals surface area (Å²) in [4.78, 5) is 9.75. The van der Waals surface area contributed by atoms with Crippen LogP contribution in [0, 0.1) is 0 Å². The fourth-order valence-corrected chi connectivity index (χ4v) is 0.671. The van der Waals surface area contributed by atoms with E-state index in [9.17, 15) is 0 Å². The van der Waals surface area contributed by atoms with Gasteiger partial charge in [0.1, 0.15) is 18.0 Å². The van der Waals surface area contributed by atoms with E-state index < -0.39 is 0 Å². The standard InChI is InChI=1S/C6H11N5/c1-11(2)6-3-5(10-7)8-4-9-6/h3-4H,7H2,1-2H3,(H,8,9,10). The number of nitrogens with two attached hydrogens (primary N) is 1. The maximum absolute atomic E-state index is 5.16. The molecule has 0 amide bonds. The average Bonchev–Trinajstić information content (AvgIpc) is 2.05. The summed E-state index contributed by atoms with van der Waals surface area (Å²) in [5, 5.41) is 0. The van der Waals surface area contributed by atoms with E-state index in [1.54, 1.807) is 6.07 Å². The predicted octanol–water partition coefficient (Wildman–Crippen LogP) is -0.172. The fraction of sp³-hybridized carbons (Fsp3) is 0.333. The van der Waals surface area contributed by atoms with Crippen molar-refractivity contribution in [1.82, 2.24) is 9.97 Å². The molecule has 0 radical (unpaired) electrons. The van der Waals surface area contributed by atoms with E-state index in [-0.39, 0.29) is 0 Å². The summed E-state index contributed by atoms with van der Waals surface area (Å²) in [6.45, 7) is 0. The number of hydrogen-bond acceptors (Lipinski definition) is 5. The average molecular weight is 153 g/mol. The van der Waals surface area contributed by atoms with Crippen LogP contribution in [0.4, 0.5) is 11.6 Å². The number of anilines is 2. The Balaban J connectivity index is 2.91. The van der Waals surface area contributed by atoms with Gasteiger partial charge in [0.05, 0.1) is 0 Å². The molecule has 0 saturated carbocycles. The van der Waals surface area contributed by atoms with Gasteiger partial charge in [-0.1, -0.05) is 0 Å². The van der Waals surface area contributed by atoms with Gasteiger partial charge in [0.2, 0.25) is 0 Å². The molecule has 1 aromatic heterocycles. The Bertz CT molecular complexity index is 234. The molecule has 0 fully saturated rings. The highest BCUT2D eigenvalue weighted by Crippen LogP contribution is 2.08. The highest BCUT2D eigenvalue weighted by molar-refractivity contribution is 5.46. The van der Waals surface area contributed by atoms with Gasteiger partial charge in [0.25, 0.3) is 0 Å². The van der Waals surface area contributed by atoms with E-state index in [1.165, 1.54) is 6.33 Å². The summed E-state index contributed by atoms with van der Waals surface area (Å²) in [5.74, 6) is 6.60. The van der Waals surface area contributed by atoms with E-state index >= 15 is 0 Å². The lowest BCUT2D eigenvalue weighted by atomic mass is 10.5. The van der Waals surface area contributed by atoms with Gasteiger partial charge in [-0.3, -0.25) is 0 Å². The SMILES string of the molecule is CN(C)c1cc(NN)ncn1. The third kappa shape index (κ3) is 1.78. The second-order valence-corrected chi connectivity index (χ2v) is 2.30. The zero-order chi connectivity index (χ0) is 8.27. The Labute approximate surface area is 65.2 Å². The summed E-state index contributed by atoms with van der Waals surface area (Å²) >= 11 is 0. The summed E-state index contributed by atoms with van der Waals surface area (Å²) in [5.41, 5.74) is 2.44. The van der Waals surface area contributed by atoms with Gasteiger partial charge in [-0.15, -0.1) is 0 Å². The van der Waals surface area contributed by atoms with Crippen molar-refractivity contribution in [3.8, 4) is 0 Å². The van der Waals surface area contributed by atoms with Crippen LogP contribution in [0.5, 0.6) is 0 Å². The lowest BCUT2D eigenvalue weighted by Gasteiger charge is -2.10. The van der Waals surface area contributed by atoms with Gasteiger partial charge < -0.3 is 10.3 Å². The fourth-order valence-electron chi connectivity index (χ4n) is 0.671. The first-order valence-electron chi connectivity index (χ1n) is 3.20. The molecule has 0 unspecified atom stereocenters. The number of aromatic nitrogens is 2. The molecule has 5 nitrogen and oxygen atoms in total. The van der Waals surface area contributed by atoms with Crippen LogP contribution in [0.15, 0.2) is 12.4 Å². The number of hydrazine groups is 1. The molecule has 1 heterocycles. The number of nitrogen functional groups attached to an aromatic ring is 1. The first kappa shape index (κ1) is 7.74. The van der Waals surface area contributed by atoms with Gasteiger partial charge in [0, 0.05) is 20.2 Å². The third-order valence-corrected chi connectivity index (χ3v) is 1.26. The lowest BCUT2D eigenvalue weighted by molar-refractivity contribution is 1.03. The molecule has 0 spiro atoms. The lowest BCUT2D eigenvalue weighted by Crippen LogP contribution is -2.13. The maximum atomic E-state index is 5.16. The van der Waals surface area contributed by atoms with Crippen molar-refractivity contribution in [2.24, 2.45) is 5.84 Å². The molecule has 0 atom stereocenters.